The number of benzene rings is 2. The maximum absolute atomic E-state index is 14.0. The monoisotopic (exact) mass is 585 g/mol. The summed E-state index contributed by atoms with van der Waals surface area (Å²) in [4.78, 5) is 14.0. The molecule has 2 aromatic rings. The number of nitrogens with one attached hydrogen (secondary N) is 2. The lowest BCUT2D eigenvalue weighted by atomic mass is 9.66. The van der Waals surface area contributed by atoms with E-state index in [0.717, 1.165) is 20.3 Å². The molecule has 0 saturated heterocycles. The molecular formula is C25H27F3N3O6PS. The van der Waals surface area contributed by atoms with Crippen molar-refractivity contribution in [3.8, 4) is 0 Å². The van der Waals surface area contributed by atoms with Gasteiger partial charge in [0.05, 0.1) is 28.6 Å². The van der Waals surface area contributed by atoms with Crippen molar-refractivity contribution in [3.05, 3.63) is 59.2 Å². The van der Waals surface area contributed by atoms with E-state index >= 15 is 0 Å². The molecule has 0 bridgehead atoms. The van der Waals surface area contributed by atoms with Crippen LogP contribution in [0.3, 0.4) is 0 Å². The van der Waals surface area contributed by atoms with Crippen molar-refractivity contribution in [3.63, 3.8) is 0 Å². The van der Waals surface area contributed by atoms with Crippen LogP contribution in [0, 0.1) is 5.92 Å². The molecule has 0 spiro atoms. The maximum Gasteiger partial charge on any atom is 0.391 e. The third kappa shape index (κ3) is 5.35. The van der Waals surface area contributed by atoms with Crippen molar-refractivity contribution >= 4 is 51.6 Å². The summed E-state index contributed by atoms with van der Waals surface area (Å²) in [6.07, 6.45) is -4.01. The number of amidine groups is 1. The second kappa shape index (κ2) is 9.79. The summed E-state index contributed by atoms with van der Waals surface area (Å²) in [5.74, 6) is -3.10. The van der Waals surface area contributed by atoms with E-state index in [1.54, 1.807) is 24.3 Å². The highest BCUT2D eigenvalue weighted by Crippen LogP contribution is 2.53. The van der Waals surface area contributed by atoms with Crippen molar-refractivity contribution in [1.29, 1.82) is 0 Å². The molecule has 9 nitrogen and oxygen atoms in total. The highest BCUT2D eigenvalue weighted by Gasteiger charge is 2.48. The number of carbonyl (C=O) groups is 1. The van der Waals surface area contributed by atoms with Crippen molar-refractivity contribution in [2.45, 2.75) is 38.3 Å². The Labute approximate surface area is 223 Å². The Morgan fingerprint density at radius 3 is 2.51 bits per heavy atom. The van der Waals surface area contributed by atoms with Crippen LogP contribution in [-0.4, -0.2) is 44.7 Å². The minimum atomic E-state index is -4.44. The van der Waals surface area contributed by atoms with Gasteiger partial charge in [-0.05, 0) is 43.5 Å². The molecule has 0 radical (unpaired) electrons. The summed E-state index contributed by atoms with van der Waals surface area (Å²) in [7, 11) is -6.60. The number of hydrogen-bond acceptors (Lipinski definition) is 7. The lowest BCUT2D eigenvalue weighted by molar-refractivity contribution is -0.172. The van der Waals surface area contributed by atoms with Crippen LogP contribution in [0.1, 0.15) is 37.8 Å². The first kappa shape index (κ1) is 28.8. The minimum Gasteiger partial charge on any atom is -0.506 e. The van der Waals surface area contributed by atoms with E-state index in [4.69, 9.17) is 4.52 Å². The average Bonchev–Trinajstić information content (AvgIpc) is 2.85. The second-order valence-corrected chi connectivity index (χ2v) is 13.6. The SMILES string of the molecule is COP1(=O)N=C(C2=C(O)c3ccccc3C(C)(CCC(C)C(F)(F)F)C2=O)Nc2ccc(NS(C)(=O)=O)cc21. The van der Waals surface area contributed by atoms with Gasteiger partial charge in [0.2, 0.25) is 10.0 Å². The summed E-state index contributed by atoms with van der Waals surface area (Å²) in [5, 5.41) is 14.1. The first-order chi connectivity index (χ1) is 18.0. The Morgan fingerprint density at radius 2 is 1.90 bits per heavy atom. The first-order valence-corrected chi connectivity index (χ1v) is 15.3. The third-order valence-electron chi connectivity index (χ3n) is 6.95. The maximum atomic E-state index is 14.0. The number of halogens is 3. The number of aliphatic hydroxyl groups is 1. The van der Waals surface area contributed by atoms with Gasteiger partial charge in [0.25, 0.3) is 0 Å². The fraction of sp³-hybridized carbons (Fsp3) is 0.360. The van der Waals surface area contributed by atoms with Gasteiger partial charge < -0.3 is 14.9 Å². The zero-order valence-corrected chi connectivity index (χ0v) is 23.2. The normalized spacial score (nSPS) is 23.9. The van der Waals surface area contributed by atoms with Crippen LogP contribution in [0.15, 0.2) is 52.8 Å². The lowest BCUT2D eigenvalue weighted by Gasteiger charge is -2.37. The molecule has 210 valence electrons. The number of alkyl halides is 3. The van der Waals surface area contributed by atoms with Crippen LogP contribution < -0.4 is 15.3 Å². The third-order valence-corrected chi connectivity index (χ3v) is 9.50. The molecule has 2 aromatic carbocycles. The number of sulfonamides is 1. The van der Waals surface area contributed by atoms with Crippen molar-refractivity contribution in [2.75, 3.05) is 23.4 Å². The zero-order chi connectivity index (χ0) is 29.0. The number of ketones is 1. The fourth-order valence-corrected chi connectivity index (χ4v) is 6.78. The average molecular weight is 586 g/mol. The number of hydrogen-bond donors (Lipinski definition) is 3. The first-order valence-electron chi connectivity index (χ1n) is 11.8. The molecule has 1 aliphatic heterocycles. The van der Waals surface area contributed by atoms with Crippen molar-refractivity contribution in [1.82, 2.24) is 0 Å². The molecule has 2 aliphatic rings. The lowest BCUT2D eigenvalue weighted by Crippen LogP contribution is -2.43. The van der Waals surface area contributed by atoms with Crippen molar-refractivity contribution in [2.24, 2.45) is 10.7 Å². The van der Waals surface area contributed by atoms with Crippen LogP contribution in [0.5, 0.6) is 0 Å². The summed E-state index contributed by atoms with van der Waals surface area (Å²) < 4.78 is 88.6. The molecule has 3 unspecified atom stereocenters. The van der Waals surface area contributed by atoms with Crippen molar-refractivity contribution < 1.29 is 40.6 Å². The number of aliphatic hydroxyl groups excluding tert-OH is 1. The Morgan fingerprint density at radius 1 is 1.23 bits per heavy atom. The molecule has 1 aliphatic carbocycles. The summed E-state index contributed by atoms with van der Waals surface area (Å²) >= 11 is 0. The van der Waals surface area contributed by atoms with E-state index in [-0.39, 0.29) is 46.5 Å². The number of rotatable bonds is 7. The van der Waals surface area contributed by atoms with Gasteiger partial charge in [0.1, 0.15) is 17.2 Å². The van der Waals surface area contributed by atoms with Gasteiger partial charge >= 0.3 is 13.7 Å². The standard InChI is InChI=1S/C25H27F3N3O6PS/c1-14(25(26,27)28)11-12-24(2)17-8-6-5-7-16(17)21(32)20(22(24)33)23-29-18-10-9-15(31-39(4,35)36)13-19(18)38(34,30-23)37-3/h5-10,13-14,31-32H,11-12H2,1-4H3,(H,29,30,34). The van der Waals surface area contributed by atoms with Gasteiger partial charge in [-0.15, -0.1) is 0 Å². The van der Waals surface area contributed by atoms with Gasteiger partial charge in [-0.3, -0.25) is 14.1 Å². The van der Waals surface area contributed by atoms with Gasteiger partial charge in [0.15, 0.2) is 5.78 Å². The van der Waals surface area contributed by atoms with E-state index in [2.05, 4.69) is 14.8 Å². The molecule has 0 fully saturated rings. The van der Waals surface area contributed by atoms with E-state index in [1.165, 1.54) is 25.1 Å². The highest BCUT2D eigenvalue weighted by molar-refractivity contribution is 7.92. The Balaban J connectivity index is 1.82. The topological polar surface area (TPSA) is 134 Å². The number of carbonyl (C=O) groups excluding carboxylic acids is 1. The van der Waals surface area contributed by atoms with Crippen LogP contribution in [0.25, 0.3) is 5.76 Å². The summed E-state index contributed by atoms with van der Waals surface area (Å²) in [6, 6.07) is 10.5. The highest BCUT2D eigenvalue weighted by atomic mass is 32.2. The number of anilines is 2. The zero-order valence-electron chi connectivity index (χ0n) is 21.5. The molecule has 3 N–H and O–H groups in total. The van der Waals surface area contributed by atoms with Crippen LogP contribution >= 0.6 is 7.52 Å². The molecule has 0 saturated carbocycles. The van der Waals surface area contributed by atoms with Crippen LogP contribution in [-0.2, 0) is 29.3 Å². The summed E-state index contributed by atoms with van der Waals surface area (Å²) in [6.45, 7) is 2.56. The van der Waals surface area contributed by atoms with Gasteiger partial charge in [-0.2, -0.15) is 17.9 Å². The fourth-order valence-electron chi connectivity index (χ4n) is 4.69. The molecule has 3 atom stereocenters. The van der Waals surface area contributed by atoms with Crippen LogP contribution in [0.2, 0.25) is 0 Å². The van der Waals surface area contributed by atoms with E-state index in [0.29, 0.717) is 5.56 Å². The molecule has 14 heteroatoms. The van der Waals surface area contributed by atoms with Gasteiger partial charge in [-0.25, -0.2) is 8.42 Å². The predicted octanol–water partition coefficient (Wildman–Crippen LogP) is 5.14. The Hall–Kier alpha value is -3.15. The van der Waals surface area contributed by atoms with E-state index in [9.17, 15) is 36.1 Å². The van der Waals surface area contributed by atoms with E-state index < -0.39 is 46.6 Å². The molecule has 0 aromatic heterocycles. The molecular weight excluding hydrogens is 558 g/mol. The Kier molecular flexibility index (Phi) is 7.25. The molecule has 0 amide bonds. The van der Waals surface area contributed by atoms with Gasteiger partial charge in [-0.1, -0.05) is 31.2 Å². The smallest absolute Gasteiger partial charge is 0.391 e. The summed E-state index contributed by atoms with van der Waals surface area (Å²) in [5.41, 5.74) is -0.896. The molecule has 4 rings (SSSR count). The number of nitrogens with zero attached hydrogens (tertiary/aromatic N) is 1. The molecule has 39 heavy (non-hydrogen) atoms. The number of fused-ring (bicyclic) bond motifs is 2. The van der Waals surface area contributed by atoms with Crippen LogP contribution in [0.4, 0.5) is 24.5 Å². The largest absolute Gasteiger partial charge is 0.506 e. The minimum absolute atomic E-state index is 0.0212. The second-order valence-electron chi connectivity index (χ2n) is 9.79. The quantitative estimate of drug-likeness (QED) is 0.384. The molecule has 1 heterocycles. The predicted molar refractivity (Wildman–Crippen MR) is 143 cm³/mol. The number of Topliss-reactive ketones (excluding diaryl/α,β-unsaturated/α-hetero) is 1. The van der Waals surface area contributed by atoms with E-state index in [1.807, 2.05) is 0 Å². The van der Waals surface area contributed by atoms with Gasteiger partial charge in [0, 0.05) is 18.4 Å². The Bertz CT molecular complexity index is 1570.